The van der Waals surface area contributed by atoms with Gasteiger partial charge in [0.15, 0.2) is 0 Å². The number of β-amino-alcohol motifs (C(OH)–C–C–N with tert-alkyl or cyclic N) is 1. The van der Waals surface area contributed by atoms with Crippen molar-refractivity contribution in [2.75, 3.05) is 13.6 Å². The fraction of sp³-hybridized carbons (Fsp3) is 0.650. The molecular formula is C20H31N7O3. The standard InChI is InChI=1S/C20H31N7O3/c1-6-16-22-7-8-25(16)10-13-11-27(24-23-13)17(20(2,3)4)19(30)26-12-14(28)9-15(26)18(29)21-5/h7-8,11,14-15,17,28H,6,9-10,12H2,1-5H3,(H,21,29)/t14?,15?,17-/m1/s1. The first-order valence-corrected chi connectivity index (χ1v) is 10.3. The summed E-state index contributed by atoms with van der Waals surface area (Å²) in [5, 5.41) is 21.2. The van der Waals surface area contributed by atoms with Crippen LogP contribution in [0.2, 0.25) is 0 Å². The van der Waals surface area contributed by atoms with Gasteiger partial charge >= 0.3 is 0 Å². The third-order valence-electron chi connectivity index (χ3n) is 5.44. The first kappa shape index (κ1) is 21.9. The molecule has 3 atom stereocenters. The molecule has 0 aliphatic carbocycles. The molecule has 0 aromatic carbocycles. The smallest absolute Gasteiger partial charge is 0.248 e. The Morgan fingerprint density at radius 3 is 2.73 bits per heavy atom. The van der Waals surface area contributed by atoms with Crippen LogP contribution in [0.15, 0.2) is 18.6 Å². The molecule has 2 N–H and O–H groups in total. The van der Waals surface area contributed by atoms with Crippen LogP contribution in [0.5, 0.6) is 0 Å². The average molecular weight is 418 g/mol. The van der Waals surface area contributed by atoms with E-state index in [1.807, 2.05) is 38.5 Å². The molecule has 2 unspecified atom stereocenters. The number of carbonyl (C=O) groups is 2. The van der Waals surface area contributed by atoms with Gasteiger partial charge in [-0.1, -0.05) is 32.9 Å². The summed E-state index contributed by atoms with van der Waals surface area (Å²) in [4.78, 5) is 31.6. The van der Waals surface area contributed by atoms with Gasteiger partial charge in [0, 0.05) is 38.8 Å². The summed E-state index contributed by atoms with van der Waals surface area (Å²) < 4.78 is 3.58. The molecule has 1 aliphatic rings. The van der Waals surface area contributed by atoms with Crippen LogP contribution in [0.25, 0.3) is 0 Å². The molecule has 30 heavy (non-hydrogen) atoms. The minimum atomic E-state index is -0.725. The van der Waals surface area contributed by atoms with E-state index in [4.69, 9.17) is 0 Å². The molecular weight excluding hydrogens is 386 g/mol. The van der Waals surface area contributed by atoms with E-state index in [0.29, 0.717) is 12.2 Å². The maximum absolute atomic E-state index is 13.5. The predicted molar refractivity (Wildman–Crippen MR) is 109 cm³/mol. The summed E-state index contributed by atoms with van der Waals surface area (Å²) in [7, 11) is 1.53. The van der Waals surface area contributed by atoms with E-state index in [9.17, 15) is 14.7 Å². The van der Waals surface area contributed by atoms with Crippen molar-refractivity contribution in [3.63, 3.8) is 0 Å². The number of rotatable bonds is 6. The zero-order valence-corrected chi connectivity index (χ0v) is 18.2. The lowest BCUT2D eigenvalue weighted by Crippen LogP contribution is -2.49. The quantitative estimate of drug-likeness (QED) is 0.702. The number of imidazole rings is 1. The number of likely N-dealkylation sites (N-methyl/N-ethyl adjacent to an activating group) is 1. The van der Waals surface area contributed by atoms with Crippen LogP contribution >= 0.6 is 0 Å². The highest BCUT2D eigenvalue weighted by Gasteiger charge is 2.44. The second-order valence-corrected chi connectivity index (χ2v) is 8.79. The summed E-state index contributed by atoms with van der Waals surface area (Å²) in [5.41, 5.74) is 0.237. The maximum Gasteiger partial charge on any atom is 0.248 e. The molecule has 0 radical (unpaired) electrons. The van der Waals surface area contributed by atoms with Crippen molar-refractivity contribution in [2.45, 2.75) is 65.3 Å². The van der Waals surface area contributed by atoms with Gasteiger partial charge in [0.05, 0.1) is 18.8 Å². The number of carbonyl (C=O) groups excluding carboxylic acids is 2. The van der Waals surface area contributed by atoms with Gasteiger partial charge in [-0.2, -0.15) is 0 Å². The van der Waals surface area contributed by atoms with Crippen LogP contribution in [0.3, 0.4) is 0 Å². The number of likely N-dealkylation sites (tertiary alicyclic amines) is 1. The Labute approximate surface area is 176 Å². The van der Waals surface area contributed by atoms with Crippen molar-refractivity contribution in [1.29, 1.82) is 0 Å². The van der Waals surface area contributed by atoms with E-state index in [-0.39, 0.29) is 24.8 Å². The van der Waals surface area contributed by atoms with E-state index >= 15 is 0 Å². The van der Waals surface area contributed by atoms with E-state index in [1.54, 1.807) is 17.1 Å². The number of aromatic nitrogens is 5. The van der Waals surface area contributed by atoms with Crippen LogP contribution in [-0.2, 0) is 22.6 Å². The third-order valence-corrected chi connectivity index (χ3v) is 5.44. The first-order chi connectivity index (χ1) is 14.2. The lowest BCUT2D eigenvalue weighted by atomic mass is 9.85. The first-order valence-electron chi connectivity index (χ1n) is 10.3. The van der Waals surface area contributed by atoms with Crippen LogP contribution in [0.1, 0.15) is 51.7 Å². The SMILES string of the molecule is CCc1nccn1Cc1cn([C@H](C(=O)N2CC(O)CC2C(=O)NC)C(C)(C)C)nn1. The van der Waals surface area contributed by atoms with Gasteiger partial charge in [-0.3, -0.25) is 9.59 Å². The summed E-state index contributed by atoms with van der Waals surface area (Å²) in [6.07, 6.45) is 5.73. The van der Waals surface area contributed by atoms with Gasteiger partial charge in [0.2, 0.25) is 11.8 Å². The lowest BCUT2D eigenvalue weighted by Gasteiger charge is -2.34. The monoisotopic (exact) mass is 417 g/mol. The normalized spacial score (nSPS) is 20.4. The minimum absolute atomic E-state index is 0.125. The number of nitrogens with zero attached hydrogens (tertiary/aromatic N) is 6. The Bertz CT molecular complexity index is 898. The third kappa shape index (κ3) is 4.38. The number of hydrogen-bond acceptors (Lipinski definition) is 6. The largest absolute Gasteiger partial charge is 0.391 e. The molecule has 3 heterocycles. The average Bonchev–Trinajstić information content (AvgIpc) is 3.40. The Kier molecular flexibility index (Phi) is 6.25. The fourth-order valence-electron chi connectivity index (χ4n) is 3.99. The van der Waals surface area contributed by atoms with Crippen molar-refractivity contribution in [3.8, 4) is 0 Å². The molecule has 0 spiro atoms. The molecule has 2 aromatic heterocycles. The van der Waals surface area contributed by atoms with E-state index in [2.05, 4.69) is 20.6 Å². The number of hydrogen-bond donors (Lipinski definition) is 2. The second kappa shape index (κ2) is 8.55. The van der Waals surface area contributed by atoms with Crippen LogP contribution in [0.4, 0.5) is 0 Å². The molecule has 10 heteroatoms. The molecule has 0 saturated carbocycles. The molecule has 1 aliphatic heterocycles. The molecule has 10 nitrogen and oxygen atoms in total. The highest BCUT2D eigenvalue weighted by Crippen LogP contribution is 2.34. The molecule has 164 valence electrons. The van der Waals surface area contributed by atoms with E-state index in [1.165, 1.54) is 11.9 Å². The highest BCUT2D eigenvalue weighted by atomic mass is 16.3. The van der Waals surface area contributed by atoms with Gasteiger partial charge in [0.25, 0.3) is 0 Å². The molecule has 2 aromatic rings. The minimum Gasteiger partial charge on any atom is -0.391 e. The van der Waals surface area contributed by atoms with Crippen molar-refractivity contribution in [2.24, 2.45) is 5.41 Å². The number of aliphatic hydroxyl groups is 1. The topological polar surface area (TPSA) is 118 Å². The summed E-state index contributed by atoms with van der Waals surface area (Å²) in [6.45, 7) is 8.52. The number of amides is 2. The highest BCUT2D eigenvalue weighted by molar-refractivity contribution is 5.90. The predicted octanol–water partition coefficient (Wildman–Crippen LogP) is 0.380. The molecule has 0 bridgehead atoms. The fourth-order valence-corrected chi connectivity index (χ4v) is 3.99. The Morgan fingerprint density at radius 1 is 1.37 bits per heavy atom. The van der Waals surface area contributed by atoms with Crippen LogP contribution in [-0.4, -0.2) is 72.1 Å². The van der Waals surface area contributed by atoms with Crippen molar-refractivity contribution in [3.05, 3.63) is 30.1 Å². The van der Waals surface area contributed by atoms with Crippen molar-refractivity contribution in [1.82, 2.24) is 34.8 Å². The van der Waals surface area contributed by atoms with Crippen LogP contribution < -0.4 is 5.32 Å². The molecule has 1 fully saturated rings. The zero-order chi connectivity index (χ0) is 22.1. The van der Waals surface area contributed by atoms with E-state index in [0.717, 1.165) is 12.2 Å². The summed E-state index contributed by atoms with van der Waals surface area (Å²) in [5.74, 6) is 0.424. The van der Waals surface area contributed by atoms with Crippen molar-refractivity contribution < 1.29 is 14.7 Å². The summed E-state index contributed by atoms with van der Waals surface area (Å²) >= 11 is 0. The number of nitrogens with one attached hydrogen (secondary N) is 1. The zero-order valence-electron chi connectivity index (χ0n) is 18.2. The second-order valence-electron chi connectivity index (χ2n) is 8.79. The van der Waals surface area contributed by atoms with Gasteiger partial charge in [0.1, 0.15) is 23.6 Å². The molecule has 3 rings (SSSR count). The Balaban J connectivity index is 1.87. The Hall–Kier alpha value is -2.75. The van der Waals surface area contributed by atoms with E-state index < -0.39 is 23.6 Å². The number of aliphatic hydroxyl groups excluding tert-OH is 1. The molecule has 2 amide bonds. The maximum atomic E-state index is 13.5. The van der Waals surface area contributed by atoms with Crippen LogP contribution in [0, 0.1) is 5.41 Å². The van der Waals surface area contributed by atoms with Gasteiger partial charge in [-0.15, -0.1) is 5.10 Å². The summed E-state index contributed by atoms with van der Waals surface area (Å²) in [6, 6.07) is -1.35. The van der Waals surface area contributed by atoms with Gasteiger partial charge in [-0.05, 0) is 5.41 Å². The Morgan fingerprint density at radius 2 is 2.10 bits per heavy atom. The van der Waals surface area contributed by atoms with Gasteiger partial charge < -0.3 is 19.9 Å². The number of aryl methyl sites for hydroxylation is 1. The molecule has 1 saturated heterocycles. The van der Waals surface area contributed by atoms with Gasteiger partial charge in [-0.25, -0.2) is 9.67 Å². The lowest BCUT2D eigenvalue weighted by molar-refractivity contribution is -0.144. The van der Waals surface area contributed by atoms with Crippen molar-refractivity contribution >= 4 is 11.8 Å².